The van der Waals surface area contributed by atoms with Crippen LogP contribution in [0, 0.1) is 26.2 Å². The number of aryl methyl sites for hydroxylation is 2. The molecule has 3 fully saturated rings. The Kier molecular flexibility index (Phi) is 14.0. The third kappa shape index (κ3) is 10.1. The number of piperidine rings is 1. The van der Waals surface area contributed by atoms with Crippen molar-refractivity contribution in [2.24, 2.45) is 5.41 Å². The summed E-state index contributed by atoms with van der Waals surface area (Å²) in [5.74, 6) is 0.204. The second kappa shape index (κ2) is 18.2. The normalized spacial score (nSPS) is 24.2. The Labute approximate surface area is 313 Å². The highest BCUT2D eigenvalue weighted by atomic mass is 16.2. The number of nitrogens with one attached hydrogen (secondary N) is 4. The zero-order valence-electron chi connectivity index (χ0n) is 33.4. The van der Waals surface area contributed by atoms with Gasteiger partial charge < -0.3 is 30.7 Å². The summed E-state index contributed by atoms with van der Waals surface area (Å²) in [7, 11) is 6.56. The van der Waals surface area contributed by atoms with Crippen LogP contribution in [0.3, 0.4) is 0 Å². The lowest BCUT2D eigenvalue weighted by molar-refractivity contribution is -0.119. The molecule has 288 valence electrons. The van der Waals surface area contributed by atoms with Gasteiger partial charge in [0.1, 0.15) is 0 Å². The smallest absolute Gasteiger partial charge is 0.253 e. The summed E-state index contributed by atoms with van der Waals surface area (Å²) in [6.07, 6.45) is 18.0. The first-order valence-corrected chi connectivity index (χ1v) is 20.4. The average Bonchev–Trinajstić information content (AvgIpc) is 3.13. The van der Waals surface area contributed by atoms with Gasteiger partial charge in [-0.15, -0.1) is 0 Å². The number of carbonyl (C=O) groups excluding carboxylic acids is 2. The first kappa shape index (κ1) is 40.0. The predicted molar refractivity (Wildman–Crippen MR) is 213 cm³/mol. The SMILES string of the molecule is CC(=O)N[C@H]1CC[C@@H](N(C)c2cc(C3CNC(CN(C)C)CC34CCCCCCCCCC4)cc(C(=O)NCc3c(C)cc(C)[nH]c3=O)c2C)CC1. The number of aromatic nitrogens is 1. The van der Waals surface area contributed by atoms with Crippen LogP contribution in [0.4, 0.5) is 5.69 Å². The third-order valence-electron chi connectivity index (χ3n) is 12.7. The van der Waals surface area contributed by atoms with Crippen molar-refractivity contribution < 1.29 is 9.59 Å². The molecule has 1 spiro atoms. The van der Waals surface area contributed by atoms with Crippen LogP contribution in [-0.2, 0) is 11.3 Å². The van der Waals surface area contributed by atoms with Crippen molar-refractivity contribution in [3.05, 3.63) is 62.1 Å². The van der Waals surface area contributed by atoms with Crippen molar-refractivity contribution in [2.45, 2.75) is 155 Å². The lowest BCUT2D eigenvalue weighted by Gasteiger charge is -2.49. The number of amides is 2. The van der Waals surface area contributed by atoms with E-state index in [-0.39, 0.29) is 35.4 Å². The monoisotopic (exact) mass is 717 g/mol. The van der Waals surface area contributed by atoms with E-state index in [4.69, 9.17) is 0 Å². The minimum atomic E-state index is -0.145. The van der Waals surface area contributed by atoms with Gasteiger partial charge in [-0.2, -0.15) is 0 Å². The van der Waals surface area contributed by atoms with Crippen molar-refractivity contribution in [1.82, 2.24) is 25.8 Å². The van der Waals surface area contributed by atoms with Gasteiger partial charge in [0, 0.05) is 80.2 Å². The van der Waals surface area contributed by atoms with E-state index in [1.165, 1.54) is 69.8 Å². The van der Waals surface area contributed by atoms with E-state index < -0.39 is 0 Å². The van der Waals surface area contributed by atoms with Crippen LogP contribution < -0.4 is 26.4 Å². The van der Waals surface area contributed by atoms with Crippen LogP contribution in [-0.4, -0.2) is 74.1 Å². The fourth-order valence-corrected chi connectivity index (χ4v) is 9.92. The molecular weight excluding hydrogens is 649 g/mol. The van der Waals surface area contributed by atoms with E-state index in [2.05, 4.69) is 70.9 Å². The molecule has 52 heavy (non-hydrogen) atoms. The zero-order valence-corrected chi connectivity index (χ0v) is 33.4. The third-order valence-corrected chi connectivity index (χ3v) is 12.7. The van der Waals surface area contributed by atoms with Crippen LogP contribution in [0.15, 0.2) is 23.0 Å². The molecule has 1 aliphatic heterocycles. The Morgan fingerprint density at radius 3 is 2.12 bits per heavy atom. The Morgan fingerprint density at radius 2 is 1.52 bits per heavy atom. The van der Waals surface area contributed by atoms with Gasteiger partial charge in [0.15, 0.2) is 0 Å². The topological polar surface area (TPSA) is 110 Å². The molecule has 9 heteroatoms. The number of rotatable bonds is 9. The van der Waals surface area contributed by atoms with Crippen LogP contribution in [0.5, 0.6) is 0 Å². The fourth-order valence-electron chi connectivity index (χ4n) is 9.92. The minimum absolute atomic E-state index is 0.0397. The van der Waals surface area contributed by atoms with Crippen molar-refractivity contribution in [3.63, 3.8) is 0 Å². The van der Waals surface area contributed by atoms with Crippen molar-refractivity contribution in [2.75, 3.05) is 39.1 Å². The summed E-state index contributed by atoms with van der Waals surface area (Å²) in [5.41, 5.74) is 6.39. The number of aromatic amines is 1. The second-order valence-corrected chi connectivity index (χ2v) is 17.0. The summed E-state index contributed by atoms with van der Waals surface area (Å²) < 4.78 is 0. The van der Waals surface area contributed by atoms with Gasteiger partial charge in [0.05, 0.1) is 0 Å². The summed E-state index contributed by atoms with van der Waals surface area (Å²) >= 11 is 0. The number of likely N-dealkylation sites (N-methyl/N-ethyl adjacent to an activating group) is 1. The number of hydrogen-bond acceptors (Lipinski definition) is 6. The highest BCUT2D eigenvalue weighted by Crippen LogP contribution is 2.51. The number of hydrogen-bond donors (Lipinski definition) is 4. The number of pyridine rings is 1. The molecule has 2 aliphatic carbocycles. The molecule has 3 aliphatic rings. The summed E-state index contributed by atoms with van der Waals surface area (Å²) in [6.45, 7) is 9.63. The van der Waals surface area contributed by atoms with Gasteiger partial charge in [0.2, 0.25) is 5.91 Å². The Morgan fingerprint density at radius 1 is 0.885 bits per heavy atom. The molecule has 2 amide bonds. The fraction of sp³-hybridized carbons (Fsp3) is 0.698. The molecule has 0 bridgehead atoms. The summed E-state index contributed by atoms with van der Waals surface area (Å²) in [5, 5.41) is 10.3. The van der Waals surface area contributed by atoms with Crippen molar-refractivity contribution >= 4 is 17.5 Å². The van der Waals surface area contributed by atoms with Gasteiger partial charge in [-0.1, -0.05) is 51.4 Å². The molecule has 9 nitrogen and oxygen atoms in total. The minimum Gasteiger partial charge on any atom is -0.371 e. The highest BCUT2D eigenvalue weighted by molar-refractivity contribution is 5.97. The van der Waals surface area contributed by atoms with Crippen LogP contribution in [0.25, 0.3) is 0 Å². The quantitative estimate of drug-likeness (QED) is 0.222. The van der Waals surface area contributed by atoms with E-state index in [0.29, 0.717) is 29.1 Å². The first-order valence-electron chi connectivity index (χ1n) is 20.4. The molecule has 1 aromatic carbocycles. The van der Waals surface area contributed by atoms with E-state index in [1.54, 1.807) is 6.92 Å². The first-order chi connectivity index (χ1) is 24.9. The van der Waals surface area contributed by atoms with Gasteiger partial charge >= 0.3 is 0 Å². The van der Waals surface area contributed by atoms with E-state index in [9.17, 15) is 14.4 Å². The standard InChI is InChI=1S/C43H68N6O3/c1-29-22-30(2)46-42(52)38(29)26-45-41(51)37-23-33(24-40(31(37)3)49(7)36-18-16-34(17-19-36)47-32(4)50)39-27-44-35(28-48(5)6)25-43(39)20-14-12-10-8-9-11-13-15-21-43/h22-24,34-36,39,44H,8-21,25-28H2,1-7H3,(H,45,51)(H,46,52)(H,47,50)/t34-,35?,36+,39?. The number of H-pyrrole nitrogens is 1. The predicted octanol–water partition coefficient (Wildman–Crippen LogP) is 7.02. The molecule has 2 atom stereocenters. The van der Waals surface area contributed by atoms with Gasteiger partial charge in [-0.25, -0.2) is 0 Å². The maximum Gasteiger partial charge on any atom is 0.253 e. The van der Waals surface area contributed by atoms with Crippen molar-refractivity contribution in [1.29, 1.82) is 0 Å². The number of anilines is 1. The molecular formula is C43H68N6O3. The maximum absolute atomic E-state index is 14.3. The van der Waals surface area contributed by atoms with Gasteiger partial charge in [0.25, 0.3) is 11.5 Å². The molecule has 2 aromatic rings. The maximum atomic E-state index is 14.3. The van der Waals surface area contributed by atoms with E-state index >= 15 is 0 Å². The Balaban J connectivity index is 1.53. The number of nitrogens with zero attached hydrogens (tertiary/aromatic N) is 2. The van der Waals surface area contributed by atoms with E-state index in [1.807, 2.05) is 19.9 Å². The Bertz CT molecular complexity index is 1560. The molecule has 2 unspecified atom stereocenters. The van der Waals surface area contributed by atoms with Crippen LogP contribution in [0.2, 0.25) is 0 Å². The summed E-state index contributed by atoms with van der Waals surface area (Å²) in [6, 6.07) is 7.58. The summed E-state index contributed by atoms with van der Waals surface area (Å²) in [4.78, 5) is 46.6. The molecule has 1 saturated heterocycles. The van der Waals surface area contributed by atoms with Crippen LogP contribution >= 0.6 is 0 Å². The largest absolute Gasteiger partial charge is 0.371 e. The molecule has 1 aromatic heterocycles. The second-order valence-electron chi connectivity index (χ2n) is 17.0. The molecule has 0 radical (unpaired) electrons. The van der Waals surface area contributed by atoms with Crippen LogP contribution in [0.1, 0.15) is 147 Å². The van der Waals surface area contributed by atoms with Crippen molar-refractivity contribution in [3.8, 4) is 0 Å². The molecule has 4 N–H and O–H groups in total. The number of benzene rings is 1. The Hall–Kier alpha value is -3.17. The zero-order chi connectivity index (χ0) is 37.4. The lowest BCUT2D eigenvalue weighted by atomic mass is 9.61. The molecule has 2 saturated carbocycles. The average molecular weight is 717 g/mol. The number of carbonyl (C=O) groups is 2. The molecule has 2 heterocycles. The highest BCUT2D eigenvalue weighted by Gasteiger charge is 2.44. The van der Waals surface area contributed by atoms with Gasteiger partial charge in [-0.3, -0.25) is 14.4 Å². The molecule has 5 rings (SSSR count). The van der Waals surface area contributed by atoms with Gasteiger partial charge in [-0.05, 0) is 120 Å². The van der Waals surface area contributed by atoms with E-state index in [0.717, 1.165) is 67.7 Å². The lowest BCUT2D eigenvalue weighted by Crippen LogP contribution is -2.52.